The summed E-state index contributed by atoms with van der Waals surface area (Å²) in [7, 11) is -1.30. The Labute approximate surface area is 690 Å². The number of rotatable bonds is 13. The summed E-state index contributed by atoms with van der Waals surface area (Å²) in [5, 5.41) is 21.5. The van der Waals surface area contributed by atoms with Crippen LogP contribution in [0.2, 0.25) is 0 Å². The Kier molecular flexibility index (Phi) is 31.8. The lowest BCUT2D eigenvalue weighted by Crippen LogP contribution is -2.40. The van der Waals surface area contributed by atoms with Gasteiger partial charge in [0.2, 0.25) is 0 Å². The summed E-state index contributed by atoms with van der Waals surface area (Å²) >= 11 is 8.49. The summed E-state index contributed by atoms with van der Waals surface area (Å²) in [6, 6.07) is 13.2. The molecule has 37 heteroatoms. The van der Waals surface area contributed by atoms with E-state index in [0.717, 1.165) is 55.7 Å². The van der Waals surface area contributed by atoms with Crippen LogP contribution in [0.25, 0.3) is 60.5 Å². The van der Waals surface area contributed by atoms with Crippen molar-refractivity contribution in [3.63, 3.8) is 0 Å². The number of ether oxygens (including phenoxy) is 1. The van der Waals surface area contributed by atoms with Gasteiger partial charge in [0.25, 0.3) is 35.4 Å². The molecule has 12 aromatic heterocycles. The van der Waals surface area contributed by atoms with E-state index < -0.39 is 45.3 Å². The van der Waals surface area contributed by atoms with Crippen LogP contribution in [0.15, 0.2) is 73.6 Å². The molecule has 0 unspecified atom stereocenters. The molecule has 0 radical (unpaired) electrons. The molecule has 0 spiro atoms. The molecule has 12 aromatic rings. The van der Waals surface area contributed by atoms with E-state index in [9.17, 15) is 37.2 Å². The Morgan fingerprint density at radius 2 is 0.767 bits per heavy atom. The van der Waals surface area contributed by atoms with Crippen LogP contribution >= 0.6 is 68.0 Å². The van der Waals surface area contributed by atoms with Crippen LogP contribution in [0, 0.1) is 70.5 Å². The normalized spacial score (nSPS) is 12.4. The number of amides is 6. The number of sulfone groups is 1. The van der Waals surface area contributed by atoms with Crippen molar-refractivity contribution in [2.75, 3.05) is 85.9 Å². The molecule has 2 aliphatic rings. The van der Waals surface area contributed by atoms with Crippen molar-refractivity contribution in [3.05, 3.63) is 136 Å². The number of pyridine rings is 6. The zero-order valence-corrected chi connectivity index (χ0v) is 67.5. The third-order valence-electron chi connectivity index (χ3n) is 17.0. The minimum absolute atomic E-state index is 0. The largest absolute Gasteiger partial charge is 0.396 e. The second kappa shape index (κ2) is 41.4. The third-order valence-corrected chi connectivity index (χ3v) is 25.3. The molecular formula is C79H80N20O10S7. The number of anilines is 6. The highest BCUT2D eigenvalue weighted by Gasteiger charge is 2.24. The van der Waals surface area contributed by atoms with E-state index in [1.807, 2.05) is 17.0 Å². The van der Waals surface area contributed by atoms with Gasteiger partial charge in [-0.3, -0.25) is 33.7 Å². The van der Waals surface area contributed by atoms with Crippen LogP contribution in [0.5, 0.6) is 0 Å². The number of nitrogen functional groups attached to an aromatic ring is 6. The fourth-order valence-corrected chi connectivity index (χ4v) is 19.2. The van der Waals surface area contributed by atoms with E-state index in [0.29, 0.717) is 162 Å². The van der Waals surface area contributed by atoms with Crippen LogP contribution in [-0.4, -0.2) is 135 Å². The number of aliphatic hydroxyl groups excluding tert-OH is 1. The Morgan fingerprint density at radius 3 is 1.08 bits per heavy atom. The van der Waals surface area contributed by atoms with Gasteiger partial charge < -0.3 is 78.6 Å². The highest BCUT2D eigenvalue weighted by molar-refractivity contribution is 7.91. The Balaban J connectivity index is 0.000000174. The number of hydrogen-bond donors (Lipinski definition) is 13. The average Bonchev–Trinajstić information content (AvgIpc) is 1.67. The third kappa shape index (κ3) is 22.9. The molecule has 1 saturated carbocycles. The van der Waals surface area contributed by atoms with Crippen LogP contribution < -0.4 is 68.8 Å². The van der Waals surface area contributed by atoms with Crippen LogP contribution in [0.1, 0.15) is 169 Å². The van der Waals surface area contributed by atoms with Crippen molar-refractivity contribution < 1.29 is 47.0 Å². The Morgan fingerprint density at radius 1 is 0.466 bits per heavy atom. The first-order valence-electron chi connectivity index (χ1n) is 34.7. The number of thiophene rings is 6. The number of fused-ring (bicyclic) bond motifs is 6. The number of carbonyl (C=O) groups excluding carboxylic acids is 6. The molecule has 30 nitrogen and oxygen atoms in total. The zero-order chi connectivity index (χ0) is 83.2. The lowest BCUT2D eigenvalue weighted by atomic mass is 10.1. The van der Waals surface area contributed by atoms with E-state index >= 15 is 0 Å². The number of nitriles is 1. The molecule has 6 amide bonds. The molecule has 2 fully saturated rings. The highest BCUT2D eigenvalue weighted by atomic mass is 32.2. The summed E-state index contributed by atoms with van der Waals surface area (Å²) in [6.07, 6.45) is 16.7. The second-order valence-electron chi connectivity index (χ2n) is 25.0. The maximum Gasteiger partial charge on any atom is 0.251 e. The molecule has 1 aliphatic carbocycles. The molecular weight excluding hydrogens is 1610 g/mol. The van der Waals surface area contributed by atoms with Crippen molar-refractivity contribution in [2.45, 2.75) is 78.1 Å². The van der Waals surface area contributed by atoms with E-state index in [1.54, 1.807) is 43.6 Å². The standard InChI is InChI=1S/C15H16N4O3S2.C14H12N4OS.C13H13N3O2S.C13H15N3OS.C12H11N3O2S.C11H9N3OS.CH4/c16-14-11-8-10(23-13(11)12(9-18-14)15(17)20)2-1-3-19-4-6-24(21,22)7-5-19;15-6-4-2-1-3-5-9-7-10-12(20-9)11(14(17)19)8-18-13(10)16;14-12-9-6-8(4-2-1-3-5-17)19-11(9)10(7-16-12)13(15)18;14-12-8-5-10(7-3-1-2-4-7)18-11(8)9(6-16-12)13(15)17;1-17-4-2-3-7-5-8-10(18-7)9(12(14)16)6-15-11(8)13;1-2-3-6-4-7-9(16-6)8(11(13)15)5-14-10(7)12;/h8-9H,3-7H2,(H2,16,18)(H2,17,20);7-8H,1-2,4H2,(H2,16,18)(H2,17,19);6-7,17H,1,3,5H2,(H2,14,16)(H2,15,18);5-7H,1-4H2,(H2,14,16)(H2,15,17);5-6H,4H2,1H3,(H2,13,15)(H2,14,16);4-5H,1H3,(H2,12,14)(H2,13,15);1H4. The monoisotopic (exact) mass is 1690 g/mol. The molecule has 598 valence electrons. The van der Waals surface area contributed by atoms with Gasteiger partial charge in [0.05, 0.1) is 110 Å². The van der Waals surface area contributed by atoms with Gasteiger partial charge in [0.1, 0.15) is 41.5 Å². The maximum absolute atomic E-state index is 11.5. The van der Waals surface area contributed by atoms with E-state index in [2.05, 4.69) is 101 Å². The van der Waals surface area contributed by atoms with E-state index in [-0.39, 0.29) is 25.5 Å². The van der Waals surface area contributed by atoms with E-state index in [4.69, 9.17) is 83.9 Å². The van der Waals surface area contributed by atoms with Crippen LogP contribution in [0.3, 0.4) is 0 Å². The van der Waals surface area contributed by atoms with Crippen LogP contribution in [-0.2, 0) is 14.6 Å². The SMILES string of the molecule is C.CC#Cc1cc2c(N)ncc(C(N)=O)c2s1.COCC#Cc1cc2c(N)ncc(C(N)=O)c2s1.N#CCCCC#Cc1cc2c(N)ncc(C(N)=O)c2s1.NC(=O)c1cnc(N)c2cc(C#CCCCO)sc12.NC(=O)c1cnc(N)c2cc(C#CCN3CCS(=O)(=O)CC3)sc12.NC(=O)c1cnc(N)c2cc(C3CCCC3)sc12. The number of primary amides is 6. The number of aromatic nitrogens is 6. The fourth-order valence-electron chi connectivity index (χ4n) is 11.2. The maximum atomic E-state index is 11.5. The van der Waals surface area contributed by atoms with Crippen molar-refractivity contribution in [1.29, 1.82) is 5.26 Å². The Hall–Kier alpha value is -12.6. The van der Waals surface area contributed by atoms with Crippen molar-refractivity contribution in [3.8, 4) is 65.3 Å². The fraction of sp³-hybridized carbons (Fsp3) is 0.253. The smallest absolute Gasteiger partial charge is 0.251 e. The number of aliphatic hydroxyl groups is 1. The van der Waals surface area contributed by atoms with Gasteiger partial charge in [-0.1, -0.05) is 73.6 Å². The number of methoxy groups -OCH3 is 1. The van der Waals surface area contributed by atoms with Gasteiger partial charge in [0, 0.05) is 120 Å². The lowest BCUT2D eigenvalue weighted by Gasteiger charge is -2.24. The predicted molar refractivity (Wildman–Crippen MR) is 466 cm³/mol. The van der Waals surface area contributed by atoms with Gasteiger partial charge in [-0.2, -0.15) is 5.26 Å². The topological polar surface area (TPSA) is 583 Å². The summed E-state index contributed by atoms with van der Waals surface area (Å²) in [5.41, 5.74) is 69.0. The van der Waals surface area contributed by atoms with Crippen molar-refractivity contribution >= 4 is 209 Å². The number of unbranched alkanes of at least 4 members (excludes halogenated alkanes) is 3. The quantitative estimate of drug-likeness (QED) is 0.0378. The van der Waals surface area contributed by atoms with Crippen LogP contribution in [0.4, 0.5) is 34.9 Å². The van der Waals surface area contributed by atoms with Gasteiger partial charge >= 0.3 is 0 Å². The summed E-state index contributed by atoms with van der Waals surface area (Å²) in [6.45, 7) is 3.74. The van der Waals surface area contributed by atoms with Gasteiger partial charge in [-0.25, -0.2) is 38.3 Å². The van der Waals surface area contributed by atoms with Crippen molar-refractivity contribution in [2.24, 2.45) is 34.4 Å². The molecule has 25 N–H and O–H groups in total. The van der Waals surface area contributed by atoms with Crippen molar-refractivity contribution in [1.82, 2.24) is 34.8 Å². The summed E-state index contributed by atoms with van der Waals surface area (Å²) in [4.78, 5) is 99.2. The number of hydrogen-bond acceptors (Lipinski definition) is 30. The van der Waals surface area contributed by atoms with Gasteiger partial charge in [0.15, 0.2) is 9.84 Å². The zero-order valence-electron chi connectivity index (χ0n) is 61.8. The summed E-state index contributed by atoms with van der Waals surface area (Å²) in [5.74, 6) is 29.7. The molecule has 1 aliphatic heterocycles. The van der Waals surface area contributed by atoms with Gasteiger partial charge in [-0.15, -0.1) is 73.9 Å². The number of carbonyl (C=O) groups is 6. The Bertz CT molecular complexity index is 6260. The predicted octanol–water partition coefficient (Wildman–Crippen LogP) is 8.78. The average molecular weight is 1690 g/mol. The molecule has 14 rings (SSSR count). The minimum Gasteiger partial charge on any atom is -0.396 e. The first kappa shape index (κ1) is 89.0. The number of nitrogens with two attached hydrogens (primary N) is 12. The first-order chi connectivity index (χ1) is 55.0. The molecule has 1 saturated heterocycles. The highest BCUT2D eigenvalue weighted by Crippen LogP contribution is 2.43. The first-order valence-corrected chi connectivity index (χ1v) is 41.4. The molecule has 0 aromatic carbocycles. The molecule has 116 heavy (non-hydrogen) atoms. The van der Waals surface area contributed by atoms with E-state index in [1.165, 1.54) is 124 Å². The summed E-state index contributed by atoms with van der Waals surface area (Å²) < 4.78 is 32.1. The van der Waals surface area contributed by atoms with Gasteiger partial charge in [-0.05, 0) is 74.9 Å². The molecule has 13 heterocycles. The minimum atomic E-state index is -2.88. The molecule has 0 atom stereocenters. The second-order valence-corrected chi connectivity index (χ2v) is 33.6. The number of nitrogens with zero attached hydrogens (tertiary/aromatic N) is 8. The molecule has 0 bridgehead atoms. The lowest BCUT2D eigenvalue weighted by molar-refractivity contribution is 0.0993.